The molecule has 5 nitrogen and oxygen atoms in total. The minimum atomic E-state index is -1.17. The van der Waals surface area contributed by atoms with E-state index >= 15 is 0 Å². The van der Waals surface area contributed by atoms with Crippen LogP contribution in [0.5, 0.6) is 0 Å². The Balaban J connectivity index is 1.81. The molecule has 1 aliphatic rings. The predicted octanol–water partition coefficient (Wildman–Crippen LogP) is 2.27. The van der Waals surface area contributed by atoms with Crippen LogP contribution in [0.3, 0.4) is 0 Å². The highest BCUT2D eigenvalue weighted by Crippen LogP contribution is 2.32. The summed E-state index contributed by atoms with van der Waals surface area (Å²) >= 11 is 1.39. The van der Waals surface area contributed by atoms with Crippen molar-refractivity contribution in [3.05, 3.63) is 35.4 Å². The summed E-state index contributed by atoms with van der Waals surface area (Å²) in [5.41, 5.74) is 2.98. The number of benzene rings is 1. The molecule has 0 saturated heterocycles. The first-order valence-corrected chi connectivity index (χ1v) is 8.30. The smallest absolute Gasteiger partial charge is 0.230 e. The fraction of sp³-hybridized carbons (Fsp3) is 0.353. The molecule has 3 rings (SSSR count). The number of nitrogens with one attached hydrogen (secondary N) is 1. The maximum atomic E-state index is 12.5. The molecule has 0 spiro atoms. The summed E-state index contributed by atoms with van der Waals surface area (Å²) in [7, 11) is 0. The third-order valence-electron chi connectivity index (χ3n) is 4.16. The number of anilines is 1. The van der Waals surface area contributed by atoms with Crippen LogP contribution in [0.15, 0.2) is 29.8 Å². The number of hydrogen-bond donors (Lipinski definition) is 1. The number of aromatic nitrogens is 1. The third-order valence-corrected chi connectivity index (χ3v) is 5.10. The molecule has 2 atom stereocenters. The Kier molecular flexibility index (Phi) is 4.17. The van der Waals surface area contributed by atoms with Gasteiger partial charge in [-0.25, -0.2) is 4.98 Å². The summed E-state index contributed by atoms with van der Waals surface area (Å²) < 4.78 is 0.997. The van der Waals surface area contributed by atoms with E-state index < -0.39 is 17.8 Å². The number of aliphatic carboxylic acids is 1. The van der Waals surface area contributed by atoms with Crippen molar-refractivity contribution in [3.8, 4) is 0 Å². The molecule has 0 unspecified atom stereocenters. The van der Waals surface area contributed by atoms with Gasteiger partial charge in [0, 0.05) is 11.9 Å². The zero-order valence-corrected chi connectivity index (χ0v) is 13.8. The molecule has 1 heterocycles. The lowest BCUT2D eigenvalue weighted by molar-refractivity contribution is -0.313. The van der Waals surface area contributed by atoms with Gasteiger partial charge in [0.15, 0.2) is 5.13 Å². The van der Waals surface area contributed by atoms with Crippen LogP contribution >= 0.6 is 11.3 Å². The van der Waals surface area contributed by atoms with E-state index in [0.717, 1.165) is 21.4 Å². The number of rotatable bonds is 3. The molecular formula is C17H17N2O3S-. The SMILES string of the molecule is CC1=CC[C@@H](C(=O)[O-])[C@H](C(=O)Nc2nc3ccc(C)cc3s2)C1. The second kappa shape index (κ2) is 6.12. The van der Waals surface area contributed by atoms with Crippen LogP contribution < -0.4 is 10.4 Å². The summed E-state index contributed by atoms with van der Waals surface area (Å²) in [5, 5.41) is 14.5. The minimum Gasteiger partial charge on any atom is -0.550 e. The molecule has 0 fully saturated rings. The molecule has 0 saturated carbocycles. The van der Waals surface area contributed by atoms with Gasteiger partial charge < -0.3 is 15.2 Å². The van der Waals surface area contributed by atoms with Gasteiger partial charge in [-0.05, 0) is 44.4 Å². The lowest BCUT2D eigenvalue weighted by atomic mass is 9.79. The molecule has 120 valence electrons. The highest BCUT2D eigenvalue weighted by Gasteiger charge is 2.32. The van der Waals surface area contributed by atoms with Crippen molar-refractivity contribution in [1.82, 2.24) is 4.98 Å². The number of carbonyl (C=O) groups is 2. The van der Waals surface area contributed by atoms with Crippen molar-refractivity contribution < 1.29 is 14.7 Å². The van der Waals surface area contributed by atoms with Gasteiger partial charge >= 0.3 is 0 Å². The molecule has 23 heavy (non-hydrogen) atoms. The summed E-state index contributed by atoms with van der Waals surface area (Å²) in [6.07, 6.45) is 2.64. The molecule has 1 aromatic heterocycles. The quantitative estimate of drug-likeness (QED) is 0.876. The standard InChI is InChI=1S/C17H18N2O3S/c1-9-3-5-11(16(21)22)12(7-9)15(20)19-17-18-13-6-4-10(2)8-14(13)23-17/h3-4,6,8,11-12H,5,7H2,1-2H3,(H,21,22)(H,18,19,20)/p-1/t11-,12-/m1/s1. The van der Waals surface area contributed by atoms with E-state index in [1.165, 1.54) is 11.3 Å². The average Bonchev–Trinajstić information content (AvgIpc) is 2.88. The minimum absolute atomic E-state index is 0.303. The normalized spacial score (nSPS) is 21.0. The molecule has 1 aliphatic carbocycles. The van der Waals surface area contributed by atoms with Crippen molar-refractivity contribution in [2.75, 3.05) is 5.32 Å². The fourth-order valence-corrected chi connectivity index (χ4v) is 3.85. The van der Waals surface area contributed by atoms with Gasteiger partial charge in [-0.3, -0.25) is 4.79 Å². The molecule has 2 aromatic rings. The molecule has 0 radical (unpaired) electrons. The van der Waals surface area contributed by atoms with E-state index in [-0.39, 0.29) is 5.91 Å². The van der Waals surface area contributed by atoms with Crippen LogP contribution in [0.2, 0.25) is 0 Å². The molecule has 6 heteroatoms. The monoisotopic (exact) mass is 329 g/mol. The molecular weight excluding hydrogens is 312 g/mol. The first-order valence-electron chi connectivity index (χ1n) is 7.48. The highest BCUT2D eigenvalue weighted by atomic mass is 32.1. The largest absolute Gasteiger partial charge is 0.550 e. The first kappa shape index (κ1) is 15.7. The van der Waals surface area contributed by atoms with Crippen LogP contribution in [0, 0.1) is 18.8 Å². The van der Waals surface area contributed by atoms with Crippen molar-refractivity contribution in [2.45, 2.75) is 26.7 Å². The van der Waals surface area contributed by atoms with Gasteiger partial charge in [0.25, 0.3) is 0 Å². The van der Waals surface area contributed by atoms with Crippen LogP contribution in [-0.2, 0) is 9.59 Å². The number of carboxylic acids is 1. The maximum Gasteiger partial charge on any atom is 0.230 e. The molecule has 1 N–H and O–H groups in total. The van der Waals surface area contributed by atoms with Gasteiger partial charge in [-0.2, -0.15) is 0 Å². The average molecular weight is 329 g/mol. The van der Waals surface area contributed by atoms with Crippen LogP contribution in [0.4, 0.5) is 5.13 Å². The second-order valence-electron chi connectivity index (χ2n) is 6.00. The van der Waals surface area contributed by atoms with Crippen molar-refractivity contribution in [1.29, 1.82) is 0 Å². The lowest BCUT2D eigenvalue weighted by Crippen LogP contribution is -2.42. The predicted molar refractivity (Wildman–Crippen MR) is 88.0 cm³/mol. The van der Waals surface area contributed by atoms with E-state index in [9.17, 15) is 14.7 Å². The number of allylic oxidation sites excluding steroid dienone is 2. The molecule has 1 amide bonds. The van der Waals surface area contributed by atoms with Crippen molar-refractivity contribution >= 4 is 38.6 Å². The number of nitrogens with zero attached hydrogens (tertiary/aromatic N) is 1. The number of hydrogen-bond acceptors (Lipinski definition) is 5. The Hall–Kier alpha value is -2.21. The molecule has 0 bridgehead atoms. The Morgan fingerprint density at radius 1 is 1.30 bits per heavy atom. The number of fused-ring (bicyclic) bond motifs is 1. The summed E-state index contributed by atoms with van der Waals surface area (Å²) in [6.45, 7) is 3.91. The van der Waals surface area contributed by atoms with E-state index in [1.807, 2.05) is 38.1 Å². The van der Waals surface area contributed by atoms with Crippen LogP contribution in [0.1, 0.15) is 25.3 Å². The van der Waals surface area contributed by atoms with Gasteiger partial charge in [0.2, 0.25) is 5.91 Å². The molecule has 1 aromatic carbocycles. The molecule has 0 aliphatic heterocycles. The van der Waals surface area contributed by atoms with E-state index in [0.29, 0.717) is 18.0 Å². The number of carbonyl (C=O) groups excluding carboxylic acids is 2. The van der Waals surface area contributed by atoms with Gasteiger partial charge in [-0.15, -0.1) is 0 Å². The summed E-state index contributed by atoms with van der Waals surface area (Å²) in [5.74, 6) is -2.87. The summed E-state index contributed by atoms with van der Waals surface area (Å²) in [6, 6.07) is 5.89. The van der Waals surface area contributed by atoms with Gasteiger partial charge in [-0.1, -0.05) is 29.1 Å². The fourth-order valence-electron chi connectivity index (χ4n) is 2.88. The van der Waals surface area contributed by atoms with Gasteiger partial charge in [0.1, 0.15) is 0 Å². The Morgan fingerprint density at radius 3 is 2.83 bits per heavy atom. The van der Waals surface area contributed by atoms with E-state index in [1.54, 1.807) is 0 Å². The van der Waals surface area contributed by atoms with E-state index in [2.05, 4.69) is 10.3 Å². The zero-order chi connectivity index (χ0) is 16.6. The van der Waals surface area contributed by atoms with Crippen LogP contribution in [0.25, 0.3) is 10.2 Å². The number of thiazole rings is 1. The Morgan fingerprint density at radius 2 is 2.09 bits per heavy atom. The van der Waals surface area contributed by atoms with Crippen molar-refractivity contribution in [2.24, 2.45) is 11.8 Å². The topological polar surface area (TPSA) is 82.1 Å². The van der Waals surface area contributed by atoms with Crippen LogP contribution in [-0.4, -0.2) is 16.9 Å². The third kappa shape index (κ3) is 3.27. The zero-order valence-electron chi connectivity index (χ0n) is 13.0. The lowest BCUT2D eigenvalue weighted by Gasteiger charge is -2.29. The summed E-state index contributed by atoms with van der Waals surface area (Å²) in [4.78, 5) is 28.2. The maximum absolute atomic E-state index is 12.5. The van der Waals surface area contributed by atoms with Crippen molar-refractivity contribution in [3.63, 3.8) is 0 Å². The van der Waals surface area contributed by atoms with E-state index in [4.69, 9.17) is 0 Å². The highest BCUT2D eigenvalue weighted by molar-refractivity contribution is 7.22. The number of aryl methyl sites for hydroxylation is 1. The first-order chi connectivity index (χ1) is 10.9. The Labute approximate surface area is 138 Å². The number of amides is 1. The second-order valence-corrected chi connectivity index (χ2v) is 7.03. The number of carboxylic acid groups (broad SMARTS) is 1. The van der Waals surface area contributed by atoms with Gasteiger partial charge in [0.05, 0.1) is 16.1 Å². The Bertz CT molecular complexity index is 809.